The third-order valence-electron chi connectivity index (χ3n) is 3.43. The van der Waals surface area contributed by atoms with E-state index in [2.05, 4.69) is 25.8 Å². The van der Waals surface area contributed by atoms with Crippen molar-refractivity contribution in [2.75, 3.05) is 10.6 Å². The molecule has 0 radical (unpaired) electrons. The van der Waals surface area contributed by atoms with Gasteiger partial charge in [0.15, 0.2) is 5.82 Å². The number of hydrogen-bond donors (Lipinski definition) is 2. The topological polar surface area (TPSA) is 79.8 Å². The minimum Gasteiger partial charge on any atom is -0.365 e. The summed E-state index contributed by atoms with van der Waals surface area (Å²) in [6.07, 6.45) is 3.73. The third-order valence-corrected chi connectivity index (χ3v) is 3.68. The van der Waals surface area contributed by atoms with Crippen molar-refractivity contribution in [2.45, 2.75) is 13.0 Å². The Morgan fingerprint density at radius 2 is 1.56 bits per heavy atom. The zero-order valence-electron chi connectivity index (χ0n) is 13.3. The van der Waals surface area contributed by atoms with E-state index in [0.29, 0.717) is 23.2 Å². The Morgan fingerprint density at radius 3 is 2.24 bits per heavy atom. The number of hydrogen-bond acceptors (Lipinski definition) is 5. The molecule has 0 aliphatic carbocycles. The smallest absolute Gasteiger partial charge is 0.229 e. The number of nitrogens with zero attached hydrogens (tertiary/aromatic N) is 3. The molecular formula is C18H16ClN5O. The molecule has 2 N–H and O–H groups in total. The van der Waals surface area contributed by atoms with Gasteiger partial charge in [0.25, 0.3) is 0 Å². The molecule has 0 saturated carbocycles. The summed E-state index contributed by atoms with van der Waals surface area (Å²) in [5.74, 6) is 0.884. The first-order valence-electron chi connectivity index (χ1n) is 7.70. The molecule has 0 fully saturated rings. The van der Waals surface area contributed by atoms with Crippen molar-refractivity contribution in [3.8, 4) is 0 Å². The number of rotatable bonds is 6. The lowest BCUT2D eigenvalue weighted by Crippen LogP contribution is -2.15. The maximum atomic E-state index is 12.0. The minimum absolute atomic E-state index is 0.158. The summed E-state index contributed by atoms with van der Waals surface area (Å²) in [4.78, 5) is 16.0. The number of halogens is 1. The van der Waals surface area contributed by atoms with Gasteiger partial charge in [-0.15, -0.1) is 10.2 Å². The fourth-order valence-electron chi connectivity index (χ4n) is 2.16. The molecule has 0 aliphatic heterocycles. The maximum absolute atomic E-state index is 12.0. The van der Waals surface area contributed by atoms with Gasteiger partial charge in [0.05, 0.1) is 6.42 Å². The number of carbonyl (C=O) groups is 1. The van der Waals surface area contributed by atoms with Gasteiger partial charge in [-0.2, -0.15) is 0 Å². The minimum atomic E-state index is -0.158. The SMILES string of the molecule is O=C(Cc1ccc(Cl)cc1)Nc1ccc(NCc2ccncc2)nn1. The average molecular weight is 354 g/mol. The Morgan fingerprint density at radius 1 is 0.880 bits per heavy atom. The predicted molar refractivity (Wildman–Crippen MR) is 97.4 cm³/mol. The standard InChI is InChI=1S/C18H16ClN5O/c19-15-3-1-13(2-4-15)11-18(25)22-17-6-5-16(23-24-17)21-12-14-7-9-20-10-8-14/h1-10H,11-12H2,(H,21,23)(H,22,24,25). The van der Waals surface area contributed by atoms with E-state index in [9.17, 15) is 4.79 Å². The van der Waals surface area contributed by atoms with E-state index in [1.807, 2.05) is 24.3 Å². The van der Waals surface area contributed by atoms with Gasteiger partial charge in [-0.25, -0.2) is 0 Å². The van der Waals surface area contributed by atoms with Gasteiger partial charge in [-0.1, -0.05) is 23.7 Å². The number of nitrogens with one attached hydrogen (secondary N) is 2. The molecule has 0 aliphatic rings. The van der Waals surface area contributed by atoms with Crippen LogP contribution in [0.3, 0.4) is 0 Å². The Balaban J connectivity index is 1.51. The number of aromatic nitrogens is 3. The predicted octanol–water partition coefficient (Wildman–Crippen LogP) is 3.32. The largest absolute Gasteiger partial charge is 0.365 e. The van der Waals surface area contributed by atoms with Crippen LogP contribution in [-0.2, 0) is 17.8 Å². The van der Waals surface area contributed by atoms with Crippen molar-refractivity contribution in [3.63, 3.8) is 0 Å². The molecule has 1 amide bonds. The van der Waals surface area contributed by atoms with Crippen molar-refractivity contribution < 1.29 is 4.79 Å². The summed E-state index contributed by atoms with van der Waals surface area (Å²) in [5.41, 5.74) is 1.97. The summed E-state index contributed by atoms with van der Waals surface area (Å²) in [6.45, 7) is 0.624. The zero-order valence-corrected chi connectivity index (χ0v) is 14.1. The van der Waals surface area contributed by atoms with Crippen LogP contribution < -0.4 is 10.6 Å². The van der Waals surface area contributed by atoms with Crippen LogP contribution in [0.4, 0.5) is 11.6 Å². The van der Waals surface area contributed by atoms with Crippen molar-refractivity contribution in [1.82, 2.24) is 15.2 Å². The summed E-state index contributed by atoms with van der Waals surface area (Å²) in [7, 11) is 0. The van der Waals surface area contributed by atoms with Crippen LogP contribution in [0, 0.1) is 0 Å². The van der Waals surface area contributed by atoms with E-state index in [1.165, 1.54) is 0 Å². The van der Waals surface area contributed by atoms with Gasteiger partial charge in [0, 0.05) is 24.0 Å². The van der Waals surface area contributed by atoms with Crippen LogP contribution in [0.1, 0.15) is 11.1 Å². The average Bonchev–Trinajstić information content (AvgIpc) is 2.64. The molecule has 0 atom stereocenters. The number of carbonyl (C=O) groups excluding carboxylic acids is 1. The summed E-state index contributed by atoms with van der Waals surface area (Å²) >= 11 is 5.83. The van der Waals surface area contributed by atoms with Gasteiger partial charge in [-0.3, -0.25) is 9.78 Å². The molecule has 2 aromatic heterocycles. The highest BCUT2D eigenvalue weighted by Gasteiger charge is 2.06. The van der Waals surface area contributed by atoms with Gasteiger partial charge in [0.2, 0.25) is 5.91 Å². The molecule has 6 nitrogen and oxygen atoms in total. The molecule has 3 rings (SSSR count). The lowest BCUT2D eigenvalue weighted by atomic mass is 10.1. The fourth-order valence-corrected chi connectivity index (χ4v) is 2.29. The Bertz CT molecular complexity index is 822. The highest BCUT2D eigenvalue weighted by Crippen LogP contribution is 2.11. The van der Waals surface area contributed by atoms with E-state index in [4.69, 9.17) is 11.6 Å². The number of amides is 1. The Kier molecular flexibility index (Phi) is 5.53. The van der Waals surface area contributed by atoms with Crippen molar-refractivity contribution in [3.05, 3.63) is 77.1 Å². The molecule has 0 saturated heterocycles. The summed E-state index contributed by atoms with van der Waals surface area (Å²) < 4.78 is 0. The molecule has 1 aromatic carbocycles. The van der Waals surface area contributed by atoms with Crippen LogP contribution in [0.5, 0.6) is 0 Å². The first-order valence-corrected chi connectivity index (χ1v) is 8.07. The fraction of sp³-hybridized carbons (Fsp3) is 0.111. The highest BCUT2D eigenvalue weighted by molar-refractivity contribution is 6.30. The molecule has 3 aromatic rings. The Hall–Kier alpha value is -2.99. The molecule has 0 spiro atoms. The number of anilines is 2. The lowest BCUT2D eigenvalue weighted by Gasteiger charge is -2.07. The monoisotopic (exact) mass is 353 g/mol. The van der Waals surface area contributed by atoms with Gasteiger partial charge < -0.3 is 10.6 Å². The number of pyridine rings is 1. The first kappa shape index (κ1) is 16.9. The molecule has 2 heterocycles. The van der Waals surface area contributed by atoms with E-state index in [0.717, 1.165) is 11.1 Å². The maximum Gasteiger partial charge on any atom is 0.229 e. The first-order chi connectivity index (χ1) is 12.2. The summed E-state index contributed by atoms with van der Waals surface area (Å²) in [6, 6.07) is 14.5. The van der Waals surface area contributed by atoms with Gasteiger partial charge in [0.1, 0.15) is 5.82 Å². The summed E-state index contributed by atoms with van der Waals surface area (Å²) in [5, 5.41) is 14.6. The van der Waals surface area contributed by atoms with Gasteiger partial charge >= 0.3 is 0 Å². The molecule has 7 heteroatoms. The van der Waals surface area contributed by atoms with E-state index < -0.39 is 0 Å². The van der Waals surface area contributed by atoms with Crippen LogP contribution in [0.2, 0.25) is 5.02 Å². The van der Waals surface area contributed by atoms with E-state index >= 15 is 0 Å². The normalized spacial score (nSPS) is 10.3. The third kappa shape index (κ3) is 5.26. The van der Waals surface area contributed by atoms with Crippen molar-refractivity contribution in [2.24, 2.45) is 0 Å². The van der Waals surface area contributed by atoms with E-state index in [1.54, 1.807) is 36.7 Å². The second-order valence-electron chi connectivity index (χ2n) is 5.36. The van der Waals surface area contributed by atoms with Crippen LogP contribution >= 0.6 is 11.6 Å². The quantitative estimate of drug-likeness (QED) is 0.710. The number of benzene rings is 1. The molecule has 126 valence electrons. The zero-order chi connectivity index (χ0) is 17.5. The molecular weight excluding hydrogens is 338 g/mol. The molecule has 0 bridgehead atoms. The van der Waals surface area contributed by atoms with E-state index in [-0.39, 0.29) is 12.3 Å². The second kappa shape index (κ2) is 8.21. The van der Waals surface area contributed by atoms with Gasteiger partial charge in [-0.05, 0) is 47.5 Å². The highest BCUT2D eigenvalue weighted by atomic mass is 35.5. The van der Waals surface area contributed by atoms with Crippen LogP contribution in [0.25, 0.3) is 0 Å². The Labute approximate surface area is 150 Å². The second-order valence-corrected chi connectivity index (χ2v) is 5.80. The molecule has 0 unspecified atom stereocenters. The van der Waals surface area contributed by atoms with Crippen LogP contribution in [-0.4, -0.2) is 21.1 Å². The van der Waals surface area contributed by atoms with Crippen LogP contribution in [0.15, 0.2) is 60.9 Å². The van der Waals surface area contributed by atoms with Crippen molar-refractivity contribution >= 4 is 29.1 Å². The molecule has 25 heavy (non-hydrogen) atoms. The lowest BCUT2D eigenvalue weighted by molar-refractivity contribution is -0.115. The van der Waals surface area contributed by atoms with Crippen molar-refractivity contribution in [1.29, 1.82) is 0 Å².